The Labute approximate surface area is 100 Å². The van der Waals surface area contributed by atoms with Gasteiger partial charge in [-0.1, -0.05) is 0 Å². The number of aromatic carboxylic acids is 1. The van der Waals surface area contributed by atoms with Gasteiger partial charge in [-0.3, -0.25) is 9.58 Å². The van der Waals surface area contributed by atoms with Crippen molar-refractivity contribution in [3.63, 3.8) is 0 Å². The summed E-state index contributed by atoms with van der Waals surface area (Å²) in [6, 6.07) is 0.0944. The number of aryl methyl sites for hydroxylation is 1. The lowest BCUT2D eigenvalue weighted by Crippen LogP contribution is -2.44. The Morgan fingerprint density at radius 2 is 2.18 bits per heavy atom. The molecule has 2 rings (SSSR count). The molecule has 0 saturated carbocycles. The lowest BCUT2D eigenvalue weighted by Gasteiger charge is -2.32. The maximum absolute atomic E-state index is 11.1. The number of carbonyl (C=O) groups is 1. The maximum atomic E-state index is 11.1. The van der Waals surface area contributed by atoms with Crippen molar-refractivity contribution >= 4 is 5.97 Å². The van der Waals surface area contributed by atoms with Crippen molar-refractivity contribution in [3.8, 4) is 0 Å². The van der Waals surface area contributed by atoms with Gasteiger partial charge in [0.25, 0.3) is 0 Å². The molecule has 1 saturated heterocycles. The van der Waals surface area contributed by atoms with Crippen molar-refractivity contribution in [3.05, 3.63) is 17.5 Å². The normalized spacial score (nSPS) is 19.2. The Morgan fingerprint density at radius 1 is 1.53 bits per heavy atom. The molecule has 0 aromatic carbocycles. The van der Waals surface area contributed by atoms with Gasteiger partial charge in [0.05, 0.1) is 0 Å². The number of carboxylic acids is 1. The second-order valence-corrected chi connectivity index (χ2v) is 4.37. The van der Waals surface area contributed by atoms with Gasteiger partial charge in [-0.25, -0.2) is 4.79 Å². The molecule has 1 atom stereocenters. The summed E-state index contributed by atoms with van der Waals surface area (Å²) in [6.45, 7) is 5.82. The van der Waals surface area contributed by atoms with Crippen LogP contribution in [0.4, 0.5) is 0 Å². The molecule has 1 aliphatic rings. The van der Waals surface area contributed by atoms with Crippen LogP contribution in [0.15, 0.2) is 6.20 Å². The molecule has 6 nitrogen and oxygen atoms in total. The molecule has 0 spiro atoms. The molecular formula is C11H18N4O2. The Bertz CT molecular complexity index is 410. The van der Waals surface area contributed by atoms with E-state index in [2.05, 4.69) is 15.3 Å². The Morgan fingerprint density at radius 3 is 2.76 bits per heavy atom. The molecule has 2 N–H and O–H groups in total. The van der Waals surface area contributed by atoms with E-state index in [-0.39, 0.29) is 11.7 Å². The summed E-state index contributed by atoms with van der Waals surface area (Å²) in [5.74, 6) is -0.956. The van der Waals surface area contributed by atoms with Crippen molar-refractivity contribution in [2.75, 3.05) is 26.2 Å². The van der Waals surface area contributed by atoms with E-state index in [0.717, 1.165) is 31.7 Å². The molecular weight excluding hydrogens is 220 g/mol. The van der Waals surface area contributed by atoms with Gasteiger partial charge in [0, 0.05) is 51.0 Å². The average Bonchev–Trinajstić information content (AvgIpc) is 2.72. The minimum atomic E-state index is -0.956. The molecule has 0 aliphatic carbocycles. The first-order valence-corrected chi connectivity index (χ1v) is 5.81. The van der Waals surface area contributed by atoms with E-state index >= 15 is 0 Å². The fourth-order valence-corrected chi connectivity index (χ4v) is 2.24. The van der Waals surface area contributed by atoms with E-state index in [1.54, 1.807) is 17.9 Å². The van der Waals surface area contributed by atoms with Crippen LogP contribution in [0.5, 0.6) is 0 Å². The van der Waals surface area contributed by atoms with Gasteiger partial charge in [-0.15, -0.1) is 0 Å². The smallest absolute Gasteiger partial charge is 0.356 e. The van der Waals surface area contributed by atoms with Crippen LogP contribution < -0.4 is 5.32 Å². The number of nitrogens with one attached hydrogen (secondary N) is 1. The second kappa shape index (κ2) is 4.85. The van der Waals surface area contributed by atoms with Crippen molar-refractivity contribution in [2.24, 2.45) is 7.05 Å². The van der Waals surface area contributed by atoms with Crippen molar-refractivity contribution in [2.45, 2.75) is 13.0 Å². The highest BCUT2D eigenvalue weighted by Crippen LogP contribution is 2.23. The van der Waals surface area contributed by atoms with Gasteiger partial charge < -0.3 is 10.4 Å². The fraction of sp³-hybridized carbons (Fsp3) is 0.636. The molecule has 6 heteroatoms. The summed E-state index contributed by atoms with van der Waals surface area (Å²) in [5.41, 5.74) is 0.959. The summed E-state index contributed by atoms with van der Waals surface area (Å²) in [4.78, 5) is 13.4. The number of nitrogens with zero attached hydrogens (tertiary/aromatic N) is 3. The predicted molar refractivity (Wildman–Crippen MR) is 63.0 cm³/mol. The van der Waals surface area contributed by atoms with Gasteiger partial charge >= 0.3 is 5.97 Å². The zero-order chi connectivity index (χ0) is 12.4. The van der Waals surface area contributed by atoms with E-state index in [1.165, 1.54) is 0 Å². The van der Waals surface area contributed by atoms with Crippen molar-refractivity contribution < 1.29 is 9.90 Å². The van der Waals surface area contributed by atoms with Crippen molar-refractivity contribution in [1.82, 2.24) is 20.0 Å². The standard InChI is InChI=1S/C11H18N4O2/c1-8(15-5-3-12-4-6-15)9-7-14(2)13-10(9)11(16)17/h7-8,12H,3-6H2,1-2H3,(H,16,17). The molecule has 1 aromatic rings. The highest BCUT2D eigenvalue weighted by Gasteiger charge is 2.25. The van der Waals surface area contributed by atoms with Crippen LogP contribution in [0, 0.1) is 0 Å². The van der Waals surface area contributed by atoms with E-state index in [9.17, 15) is 4.79 Å². The lowest BCUT2D eigenvalue weighted by molar-refractivity contribution is 0.0685. The highest BCUT2D eigenvalue weighted by molar-refractivity contribution is 5.87. The topological polar surface area (TPSA) is 70.4 Å². The molecule has 1 aromatic heterocycles. The molecule has 94 valence electrons. The first-order chi connectivity index (χ1) is 8.09. The summed E-state index contributed by atoms with van der Waals surface area (Å²) in [6.07, 6.45) is 1.80. The zero-order valence-electron chi connectivity index (χ0n) is 10.2. The number of hydrogen-bond acceptors (Lipinski definition) is 4. The fourth-order valence-electron chi connectivity index (χ4n) is 2.24. The quantitative estimate of drug-likeness (QED) is 0.780. The van der Waals surface area contributed by atoms with Crippen LogP contribution in [0.1, 0.15) is 29.0 Å². The third-order valence-electron chi connectivity index (χ3n) is 3.21. The summed E-state index contributed by atoms with van der Waals surface area (Å²) < 4.78 is 1.57. The first kappa shape index (κ1) is 12.1. The lowest BCUT2D eigenvalue weighted by atomic mass is 10.1. The van der Waals surface area contributed by atoms with Gasteiger partial charge in [0.2, 0.25) is 0 Å². The number of rotatable bonds is 3. The summed E-state index contributed by atoms with van der Waals surface area (Å²) in [7, 11) is 1.75. The average molecular weight is 238 g/mol. The Balaban J connectivity index is 2.22. The van der Waals surface area contributed by atoms with E-state index in [1.807, 2.05) is 6.92 Å². The second-order valence-electron chi connectivity index (χ2n) is 4.37. The number of carboxylic acid groups (broad SMARTS) is 1. The predicted octanol–water partition coefficient (Wildman–Crippen LogP) is 0.0845. The van der Waals surface area contributed by atoms with Crippen LogP contribution in [0.2, 0.25) is 0 Å². The minimum Gasteiger partial charge on any atom is -0.476 e. The van der Waals surface area contributed by atoms with E-state index in [0.29, 0.717) is 0 Å². The third-order valence-corrected chi connectivity index (χ3v) is 3.21. The van der Waals surface area contributed by atoms with Crippen molar-refractivity contribution in [1.29, 1.82) is 0 Å². The molecule has 0 amide bonds. The molecule has 0 bridgehead atoms. The van der Waals surface area contributed by atoms with Gasteiger partial charge in [-0.2, -0.15) is 5.10 Å². The van der Waals surface area contributed by atoms with Crippen LogP contribution in [-0.4, -0.2) is 51.9 Å². The maximum Gasteiger partial charge on any atom is 0.356 e. The van der Waals surface area contributed by atoms with E-state index in [4.69, 9.17) is 5.11 Å². The number of piperazine rings is 1. The largest absolute Gasteiger partial charge is 0.476 e. The minimum absolute atomic E-state index is 0.0944. The monoisotopic (exact) mass is 238 g/mol. The van der Waals surface area contributed by atoms with E-state index < -0.39 is 5.97 Å². The number of aromatic nitrogens is 2. The molecule has 1 aliphatic heterocycles. The molecule has 2 heterocycles. The van der Waals surface area contributed by atoms with Crippen LogP contribution in [0.3, 0.4) is 0 Å². The van der Waals surface area contributed by atoms with Crippen LogP contribution in [-0.2, 0) is 7.05 Å². The van der Waals surface area contributed by atoms with Gasteiger partial charge in [0.15, 0.2) is 5.69 Å². The molecule has 1 fully saturated rings. The SMILES string of the molecule is CC(c1cn(C)nc1C(=O)O)N1CCNCC1. The molecule has 0 radical (unpaired) electrons. The Kier molecular flexibility index (Phi) is 3.44. The van der Waals surface area contributed by atoms with Crippen LogP contribution >= 0.6 is 0 Å². The summed E-state index contributed by atoms with van der Waals surface area (Å²) in [5, 5.41) is 16.4. The third kappa shape index (κ3) is 2.48. The van der Waals surface area contributed by atoms with Gasteiger partial charge in [0.1, 0.15) is 0 Å². The molecule has 17 heavy (non-hydrogen) atoms. The Hall–Kier alpha value is -1.40. The zero-order valence-corrected chi connectivity index (χ0v) is 10.2. The highest BCUT2D eigenvalue weighted by atomic mass is 16.4. The van der Waals surface area contributed by atoms with Crippen LogP contribution in [0.25, 0.3) is 0 Å². The molecule has 1 unspecified atom stereocenters. The number of hydrogen-bond donors (Lipinski definition) is 2. The first-order valence-electron chi connectivity index (χ1n) is 5.81. The van der Waals surface area contributed by atoms with Gasteiger partial charge in [-0.05, 0) is 6.92 Å². The summed E-state index contributed by atoms with van der Waals surface area (Å²) >= 11 is 0.